The zero-order chi connectivity index (χ0) is 14.7. The first-order chi connectivity index (χ1) is 10.2. The third-order valence-electron chi connectivity index (χ3n) is 4.23. The van der Waals surface area contributed by atoms with Crippen molar-refractivity contribution in [3.63, 3.8) is 0 Å². The lowest BCUT2D eigenvalue weighted by Crippen LogP contribution is -2.35. The summed E-state index contributed by atoms with van der Waals surface area (Å²) in [6, 6.07) is 10.1. The van der Waals surface area contributed by atoms with Gasteiger partial charge in [-0.05, 0) is 45.0 Å². The molecular weight excluding hydrogens is 262 g/mol. The van der Waals surface area contributed by atoms with E-state index in [2.05, 4.69) is 28.3 Å². The topological polar surface area (TPSA) is 38.1 Å². The van der Waals surface area contributed by atoms with E-state index in [0.717, 1.165) is 38.2 Å². The fraction of sp³-hybridized carbons (Fsp3) is 0.412. The van der Waals surface area contributed by atoms with Gasteiger partial charge in [-0.15, -0.1) is 0 Å². The van der Waals surface area contributed by atoms with Crippen LogP contribution in [0.4, 0.5) is 0 Å². The van der Waals surface area contributed by atoms with Gasteiger partial charge in [0.1, 0.15) is 5.78 Å². The number of nitrogens with zero attached hydrogens (tertiary/aromatic N) is 3. The van der Waals surface area contributed by atoms with Crippen molar-refractivity contribution in [1.82, 2.24) is 14.7 Å². The van der Waals surface area contributed by atoms with E-state index in [-0.39, 0.29) is 5.92 Å². The normalized spacial score (nSPS) is 17.0. The molecule has 0 unspecified atom stereocenters. The van der Waals surface area contributed by atoms with E-state index < -0.39 is 0 Å². The first-order valence-corrected chi connectivity index (χ1v) is 7.54. The smallest absolute Gasteiger partial charge is 0.133 e. The summed E-state index contributed by atoms with van der Waals surface area (Å²) in [5.41, 5.74) is 2.30. The van der Waals surface area contributed by atoms with Crippen LogP contribution in [0.3, 0.4) is 0 Å². The molecule has 1 aliphatic heterocycles. The monoisotopic (exact) mass is 283 g/mol. The van der Waals surface area contributed by atoms with Crippen molar-refractivity contribution in [3.8, 4) is 5.69 Å². The minimum atomic E-state index is 0.272. The number of benzene rings is 1. The van der Waals surface area contributed by atoms with E-state index >= 15 is 0 Å². The Morgan fingerprint density at radius 3 is 2.62 bits per heavy atom. The van der Waals surface area contributed by atoms with Crippen LogP contribution in [0, 0.1) is 5.92 Å². The Labute approximate surface area is 125 Å². The van der Waals surface area contributed by atoms with Gasteiger partial charge in [0.25, 0.3) is 0 Å². The molecule has 2 heterocycles. The van der Waals surface area contributed by atoms with Crippen molar-refractivity contribution >= 4 is 5.78 Å². The van der Waals surface area contributed by atoms with Crippen LogP contribution in [0.1, 0.15) is 25.3 Å². The first-order valence-electron chi connectivity index (χ1n) is 7.54. The van der Waals surface area contributed by atoms with E-state index in [1.165, 1.54) is 5.56 Å². The summed E-state index contributed by atoms with van der Waals surface area (Å²) in [6.07, 6.45) is 6.00. The Kier molecular flexibility index (Phi) is 4.15. The van der Waals surface area contributed by atoms with Gasteiger partial charge in [-0.1, -0.05) is 18.2 Å². The molecule has 1 aromatic carbocycles. The van der Waals surface area contributed by atoms with Crippen LogP contribution in [-0.2, 0) is 11.3 Å². The quantitative estimate of drug-likeness (QED) is 0.866. The number of aromatic nitrogens is 2. The zero-order valence-corrected chi connectivity index (χ0v) is 12.4. The maximum atomic E-state index is 11.4. The van der Waals surface area contributed by atoms with E-state index in [4.69, 9.17) is 0 Å². The molecule has 2 aromatic rings. The number of Topliss-reactive ketones (excluding diaryl/α,β-unsaturated/α-hetero) is 1. The second-order valence-corrected chi connectivity index (χ2v) is 5.79. The van der Waals surface area contributed by atoms with E-state index in [9.17, 15) is 4.79 Å². The van der Waals surface area contributed by atoms with Crippen LogP contribution in [0.25, 0.3) is 5.69 Å². The van der Waals surface area contributed by atoms with Crippen LogP contribution >= 0.6 is 0 Å². The summed E-state index contributed by atoms with van der Waals surface area (Å²) < 4.78 is 1.91. The summed E-state index contributed by atoms with van der Waals surface area (Å²) in [5, 5.41) is 4.43. The lowest BCUT2D eigenvalue weighted by Gasteiger charge is -2.30. The Morgan fingerprint density at radius 2 is 1.95 bits per heavy atom. The average molecular weight is 283 g/mol. The minimum Gasteiger partial charge on any atom is -0.300 e. The number of carbonyl (C=O) groups is 1. The van der Waals surface area contributed by atoms with Gasteiger partial charge < -0.3 is 0 Å². The van der Waals surface area contributed by atoms with Gasteiger partial charge in [0.05, 0.1) is 11.9 Å². The molecular formula is C17H21N3O. The van der Waals surface area contributed by atoms with Crippen molar-refractivity contribution in [2.24, 2.45) is 5.92 Å². The van der Waals surface area contributed by atoms with Gasteiger partial charge in [0.2, 0.25) is 0 Å². The molecule has 0 radical (unpaired) electrons. The van der Waals surface area contributed by atoms with Crippen LogP contribution in [0.2, 0.25) is 0 Å². The summed E-state index contributed by atoms with van der Waals surface area (Å²) >= 11 is 0. The maximum absolute atomic E-state index is 11.4. The number of rotatable bonds is 4. The molecule has 1 saturated heterocycles. The molecule has 110 valence electrons. The zero-order valence-electron chi connectivity index (χ0n) is 12.4. The van der Waals surface area contributed by atoms with Crippen LogP contribution in [0.15, 0.2) is 42.7 Å². The molecule has 21 heavy (non-hydrogen) atoms. The van der Waals surface area contributed by atoms with Crippen LogP contribution in [-0.4, -0.2) is 33.6 Å². The second-order valence-electron chi connectivity index (χ2n) is 5.79. The molecule has 0 amide bonds. The highest BCUT2D eigenvalue weighted by Crippen LogP contribution is 2.19. The molecule has 0 bridgehead atoms. The maximum Gasteiger partial charge on any atom is 0.133 e. The Hall–Kier alpha value is -1.94. The van der Waals surface area contributed by atoms with Gasteiger partial charge in [-0.2, -0.15) is 5.10 Å². The molecule has 1 aromatic heterocycles. The Balaban J connectivity index is 1.60. The number of ketones is 1. The average Bonchev–Trinajstić information content (AvgIpc) is 2.97. The standard InChI is InChI=1S/C17H21N3O/c1-14(21)16-7-9-19(10-8-16)12-15-11-18-20(13-15)17-5-3-2-4-6-17/h2-6,11,13,16H,7-10,12H2,1H3. The highest BCUT2D eigenvalue weighted by Gasteiger charge is 2.22. The molecule has 4 heteroatoms. The van der Waals surface area contributed by atoms with Crippen LogP contribution in [0.5, 0.6) is 0 Å². The van der Waals surface area contributed by atoms with Gasteiger partial charge >= 0.3 is 0 Å². The number of hydrogen-bond donors (Lipinski definition) is 0. The Morgan fingerprint density at radius 1 is 1.24 bits per heavy atom. The van der Waals surface area contributed by atoms with Crippen molar-refractivity contribution in [2.75, 3.05) is 13.1 Å². The summed E-state index contributed by atoms with van der Waals surface area (Å²) in [7, 11) is 0. The summed E-state index contributed by atoms with van der Waals surface area (Å²) in [4.78, 5) is 13.8. The largest absolute Gasteiger partial charge is 0.300 e. The van der Waals surface area contributed by atoms with Gasteiger partial charge in [0, 0.05) is 24.2 Å². The highest BCUT2D eigenvalue weighted by molar-refractivity contribution is 5.78. The predicted molar refractivity (Wildman–Crippen MR) is 82.2 cm³/mol. The lowest BCUT2D eigenvalue weighted by molar-refractivity contribution is -0.122. The number of hydrogen-bond acceptors (Lipinski definition) is 3. The number of para-hydroxylation sites is 1. The fourth-order valence-corrected chi connectivity index (χ4v) is 2.92. The van der Waals surface area contributed by atoms with Crippen molar-refractivity contribution in [1.29, 1.82) is 0 Å². The van der Waals surface area contributed by atoms with Gasteiger partial charge in [-0.3, -0.25) is 9.69 Å². The molecule has 0 aliphatic carbocycles. The van der Waals surface area contributed by atoms with Crippen molar-refractivity contribution in [3.05, 3.63) is 48.3 Å². The van der Waals surface area contributed by atoms with Crippen molar-refractivity contribution < 1.29 is 4.79 Å². The fourth-order valence-electron chi connectivity index (χ4n) is 2.92. The summed E-state index contributed by atoms with van der Waals surface area (Å²) in [5.74, 6) is 0.611. The molecule has 0 N–H and O–H groups in total. The van der Waals surface area contributed by atoms with Gasteiger partial charge in [-0.25, -0.2) is 4.68 Å². The molecule has 0 saturated carbocycles. The third-order valence-corrected chi connectivity index (χ3v) is 4.23. The highest BCUT2D eigenvalue weighted by atomic mass is 16.1. The van der Waals surface area contributed by atoms with Crippen LogP contribution < -0.4 is 0 Å². The third kappa shape index (κ3) is 3.39. The number of likely N-dealkylation sites (tertiary alicyclic amines) is 1. The Bertz CT molecular complexity index is 598. The van der Waals surface area contributed by atoms with E-state index in [0.29, 0.717) is 5.78 Å². The lowest BCUT2D eigenvalue weighted by atomic mass is 9.93. The SMILES string of the molecule is CC(=O)C1CCN(Cc2cnn(-c3ccccc3)c2)CC1. The molecule has 0 atom stereocenters. The first kappa shape index (κ1) is 14.0. The molecule has 0 spiro atoms. The van der Waals surface area contributed by atoms with E-state index in [1.807, 2.05) is 29.1 Å². The van der Waals surface area contributed by atoms with Crippen molar-refractivity contribution in [2.45, 2.75) is 26.3 Å². The molecule has 1 fully saturated rings. The summed E-state index contributed by atoms with van der Waals surface area (Å²) in [6.45, 7) is 4.63. The molecule has 4 nitrogen and oxygen atoms in total. The second kappa shape index (κ2) is 6.22. The predicted octanol–water partition coefficient (Wildman–Crippen LogP) is 2.67. The molecule has 3 rings (SSSR count). The number of piperidine rings is 1. The minimum absolute atomic E-state index is 0.272. The molecule has 1 aliphatic rings. The number of carbonyl (C=O) groups excluding carboxylic acids is 1. The van der Waals surface area contributed by atoms with E-state index in [1.54, 1.807) is 6.92 Å². The van der Waals surface area contributed by atoms with Gasteiger partial charge in [0.15, 0.2) is 0 Å².